The van der Waals surface area contributed by atoms with Crippen molar-refractivity contribution >= 4 is 20.0 Å². The van der Waals surface area contributed by atoms with Crippen molar-refractivity contribution in [2.45, 2.75) is 12.1 Å². The van der Waals surface area contributed by atoms with Crippen LogP contribution in [0.5, 0.6) is 0 Å². The summed E-state index contributed by atoms with van der Waals surface area (Å²) in [5.74, 6) is -3.66. The van der Waals surface area contributed by atoms with Crippen LogP contribution in [0.3, 0.4) is 0 Å². The number of carboxylic acid groups (broad SMARTS) is 2. The second kappa shape index (κ2) is 9.55. The van der Waals surface area contributed by atoms with Gasteiger partial charge in [-0.15, -0.1) is 0 Å². The molecule has 0 amide bonds. The number of hydrogen-bond donors (Lipinski definition) is 0. The Kier molecular flexibility index (Phi) is 14.4. The van der Waals surface area contributed by atoms with E-state index in [2.05, 4.69) is 0 Å². The molecule has 0 spiro atoms. The molecular weight excluding hydrogens is 221 g/mol. The SMILES string of the molecule is O=C([O-])CC(C(=O)[O-])[P+](=O)[O-].[Na+].[Na+]. The Morgan fingerprint density at radius 2 is 1.62 bits per heavy atom. The van der Waals surface area contributed by atoms with Crippen molar-refractivity contribution in [2.24, 2.45) is 0 Å². The molecule has 0 radical (unpaired) electrons. The summed E-state index contributed by atoms with van der Waals surface area (Å²) in [4.78, 5) is 29.6. The van der Waals surface area contributed by atoms with Crippen LogP contribution in [0.25, 0.3) is 0 Å². The molecule has 13 heavy (non-hydrogen) atoms. The summed E-state index contributed by atoms with van der Waals surface area (Å²) in [5.41, 5.74) is -1.99. The third kappa shape index (κ3) is 9.31. The number of hydrogen-bond acceptors (Lipinski definition) is 6. The molecule has 0 aliphatic heterocycles. The van der Waals surface area contributed by atoms with Crippen molar-refractivity contribution in [1.82, 2.24) is 0 Å². The van der Waals surface area contributed by atoms with Crippen LogP contribution in [0.1, 0.15) is 6.42 Å². The summed E-state index contributed by atoms with van der Waals surface area (Å²) in [7, 11) is -3.32. The summed E-state index contributed by atoms with van der Waals surface area (Å²) in [6.07, 6.45) is -1.07. The van der Waals surface area contributed by atoms with E-state index in [-0.39, 0.29) is 59.1 Å². The van der Waals surface area contributed by atoms with E-state index in [1.165, 1.54) is 0 Å². The van der Waals surface area contributed by atoms with Gasteiger partial charge in [0, 0.05) is 12.4 Å². The Bertz CT molecular complexity index is 193. The van der Waals surface area contributed by atoms with E-state index in [1.807, 2.05) is 0 Å². The van der Waals surface area contributed by atoms with Gasteiger partial charge in [-0.25, -0.2) is 0 Å². The maximum Gasteiger partial charge on any atom is 1.00 e. The molecule has 62 valence electrons. The average molecular weight is 224 g/mol. The Morgan fingerprint density at radius 1 is 1.23 bits per heavy atom. The van der Waals surface area contributed by atoms with E-state index in [4.69, 9.17) is 0 Å². The minimum atomic E-state index is -3.32. The second-order valence-corrected chi connectivity index (χ2v) is 2.89. The van der Waals surface area contributed by atoms with Crippen LogP contribution in [0.2, 0.25) is 0 Å². The van der Waals surface area contributed by atoms with Crippen LogP contribution in [0.4, 0.5) is 0 Å². The first-order valence-electron chi connectivity index (χ1n) is 2.49. The fourth-order valence-corrected chi connectivity index (χ4v) is 0.872. The van der Waals surface area contributed by atoms with Gasteiger partial charge >= 0.3 is 67.1 Å². The van der Waals surface area contributed by atoms with Gasteiger partial charge in [-0.05, 0) is 0 Å². The van der Waals surface area contributed by atoms with Crippen LogP contribution in [-0.4, -0.2) is 17.6 Å². The van der Waals surface area contributed by atoms with E-state index in [0.717, 1.165) is 0 Å². The molecule has 0 fully saturated rings. The maximum atomic E-state index is 10.0. The molecule has 0 aliphatic carbocycles. The molecule has 0 aromatic rings. The summed E-state index contributed by atoms with van der Waals surface area (Å²) in [5, 5.41) is 19.6. The van der Waals surface area contributed by atoms with Gasteiger partial charge in [0.25, 0.3) is 0 Å². The molecule has 0 aliphatic rings. The summed E-state index contributed by atoms with van der Waals surface area (Å²) in [6, 6.07) is 0. The van der Waals surface area contributed by atoms with E-state index in [1.54, 1.807) is 0 Å². The monoisotopic (exact) mass is 224 g/mol. The molecule has 0 aromatic carbocycles. The molecular formula is C4H3Na2O6P. The van der Waals surface area contributed by atoms with Crippen LogP contribution in [-0.2, 0) is 14.2 Å². The van der Waals surface area contributed by atoms with Gasteiger partial charge in [0.1, 0.15) is 0 Å². The average Bonchev–Trinajstić information content (AvgIpc) is 1.81. The van der Waals surface area contributed by atoms with Crippen LogP contribution in [0, 0.1) is 0 Å². The predicted molar refractivity (Wildman–Crippen MR) is 26.0 cm³/mol. The number of carboxylic acids is 2. The standard InChI is InChI=1S/C4H5O6P.2Na/c5-3(6)1-2(4(7)8)11(9)10;;/h2H,1H2,(H,5,6)(H,7,8);;/q;2*+1/p-2. The zero-order valence-electron chi connectivity index (χ0n) is 7.18. The van der Waals surface area contributed by atoms with Crippen molar-refractivity contribution in [3.8, 4) is 0 Å². The number of aliphatic carboxylic acids is 2. The van der Waals surface area contributed by atoms with Gasteiger partial charge < -0.3 is 24.7 Å². The van der Waals surface area contributed by atoms with Crippen LogP contribution >= 0.6 is 8.03 Å². The topological polar surface area (TPSA) is 120 Å². The maximum absolute atomic E-state index is 10.0. The predicted octanol–water partition coefficient (Wildman–Crippen LogP) is -9.64. The first-order valence-corrected chi connectivity index (χ1v) is 3.74. The summed E-state index contributed by atoms with van der Waals surface area (Å²) < 4.78 is 10.0. The first-order chi connectivity index (χ1) is 4.95. The molecule has 9 heteroatoms. The molecule has 0 heterocycles. The molecule has 0 aromatic heterocycles. The molecule has 0 saturated carbocycles. The Balaban J connectivity index is -0.000000500. The molecule has 0 saturated heterocycles. The minimum absolute atomic E-state index is 0. The smallest absolute Gasteiger partial charge is 0.595 e. The second-order valence-electron chi connectivity index (χ2n) is 1.70. The molecule has 0 rings (SSSR count). The summed E-state index contributed by atoms with van der Waals surface area (Å²) in [6.45, 7) is 0. The van der Waals surface area contributed by atoms with Crippen LogP contribution in [0.15, 0.2) is 0 Å². The fraction of sp³-hybridized carbons (Fsp3) is 0.500. The molecule has 2 atom stereocenters. The Morgan fingerprint density at radius 3 is 1.69 bits per heavy atom. The van der Waals surface area contributed by atoms with Crippen molar-refractivity contribution in [1.29, 1.82) is 0 Å². The molecule has 0 N–H and O–H groups in total. The van der Waals surface area contributed by atoms with Crippen molar-refractivity contribution in [2.75, 3.05) is 0 Å². The molecule has 0 bridgehead atoms. The van der Waals surface area contributed by atoms with Crippen LogP contribution < -0.4 is 74.2 Å². The van der Waals surface area contributed by atoms with E-state index < -0.39 is 32.0 Å². The van der Waals surface area contributed by atoms with Gasteiger partial charge in [-0.1, -0.05) is 4.57 Å². The largest absolute Gasteiger partial charge is 1.00 e. The van der Waals surface area contributed by atoms with Gasteiger partial charge in [0.15, 0.2) is 5.66 Å². The number of carbonyl (C=O) groups excluding carboxylic acids is 2. The van der Waals surface area contributed by atoms with Gasteiger partial charge in [-0.2, -0.15) is 0 Å². The normalized spacial score (nSPS) is 11.6. The third-order valence-electron chi connectivity index (χ3n) is 0.887. The quantitative estimate of drug-likeness (QED) is 0.345. The fourth-order valence-electron chi connectivity index (χ4n) is 0.402. The molecule has 2 unspecified atom stereocenters. The number of carbonyl (C=O) groups is 2. The zero-order valence-corrected chi connectivity index (χ0v) is 12.1. The Labute approximate surface area is 119 Å². The number of rotatable bonds is 4. The third-order valence-corrected chi connectivity index (χ3v) is 1.79. The summed E-state index contributed by atoms with van der Waals surface area (Å²) >= 11 is 0. The van der Waals surface area contributed by atoms with E-state index in [9.17, 15) is 29.3 Å². The molecule has 6 nitrogen and oxygen atoms in total. The minimum Gasteiger partial charge on any atom is -0.595 e. The van der Waals surface area contributed by atoms with Gasteiger partial charge in [0.05, 0.1) is 5.97 Å². The zero-order chi connectivity index (χ0) is 9.02. The first kappa shape index (κ1) is 19.6. The van der Waals surface area contributed by atoms with Gasteiger partial charge in [-0.3, -0.25) is 0 Å². The van der Waals surface area contributed by atoms with Crippen molar-refractivity contribution < 1.29 is 88.4 Å². The Hall–Kier alpha value is 1.00. The van der Waals surface area contributed by atoms with E-state index in [0.29, 0.717) is 0 Å². The van der Waals surface area contributed by atoms with E-state index >= 15 is 0 Å². The van der Waals surface area contributed by atoms with Crippen molar-refractivity contribution in [3.63, 3.8) is 0 Å². The van der Waals surface area contributed by atoms with Gasteiger partial charge in [0.2, 0.25) is 0 Å². The van der Waals surface area contributed by atoms with Crippen molar-refractivity contribution in [3.05, 3.63) is 0 Å².